The highest BCUT2D eigenvalue weighted by atomic mass is 16.5. The summed E-state index contributed by atoms with van der Waals surface area (Å²) in [5, 5.41) is 49.9. The maximum atomic E-state index is 13.1. The van der Waals surface area contributed by atoms with Gasteiger partial charge in [-0.05, 0) is 86.6 Å². The van der Waals surface area contributed by atoms with Gasteiger partial charge in [-0.25, -0.2) is 4.98 Å². The number of nitrogens with zero attached hydrogens (tertiary/aromatic N) is 4. The second-order valence-corrected chi connectivity index (χ2v) is 17.3. The third kappa shape index (κ3) is 23.3. The molecule has 1 unspecified atom stereocenters. The van der Waals surface area contributed by atoms with Crippen molar-refractivity contribution in [2.75, 3.05) is 97.6 Å². The van der Waals surface area contributed by atoms with E-state index in [1.54, 1.807) is 58.3 Å². The number of aliphatic carboxylic acids is 4. The number of hydrogen-bond donors (Lipinski definition) is 8. The van der Waals surface area contributed by atoms with Gasteiger partial charge in [-0.15, -0.1) is 0 Å². The molecule has 0 radical (unpaired) electrons. The van der Waals surface area contributed by atoms with Gasteiger partial charge in [0.1, 0.15) is 29.1 Å². The first kappa shape index (κ1) is 57.5. The standard InChI is InChI=1S/C50H70N8O14/c1-70-41-18-22-52-43(33-41)51-20-5-29-71-39-12-8-36(9-13-39)31-38(32-46(61)62)55-49(67)37-10-14-40(15-11-37)72-30-6-21-54-44(59)7-3-2-4-19-53-45(60)17-16-42(50(68)69)58-27-25-56(34-47(63)64)23-24-57(26-28-58)35-48(65)66/h8-15,18,22,33,38,42H,2-7,16-17,19-21,23-32,34-35H2,1H3,(H,51,52)(H,53,60)(H,54,59)(H,55,67)(H,61,62)(H,63,64)(H,65,66)(H,68,69)/t38-,42?/m0/s1. The van der Waals surface area contributed by atoms with Crippen molar-refractivity contribution in [2.45, 2.75) is 76.3 Å². The Morgan fingerprint density at radius 1 is 0.639 bits per heavy atom. The molecule has 0 aliphatic carbocycles. The van der Waals surface area contributed by atoms with E-state index in [-0.39, 0.29) is 70.3 Å². The monoisotopic (exact) mass is 1010 g/mol. The zero-order valence-corrected chi connectivity index (χ0v) is 40.9. The molecule has 2 atom stereocenters. The molecule has 394 valence electrons. The Balaban J connectivity index is 1.05. The zero-order chi connectivity index (χ0) is 52.1. The summed E-state index contributed by atoms with van der Waals surface area (Å²) >= 11 is 0. The number of carboxylic acid groups (broad SMARTS) is 4. The van der Waals surface area contributed by atoms with E-state index in [1.807, 2.05) is 30.3 Å². The van der Waals surface area contributed by atoms with E-state index in [9.17, 15) is 54.0 Å². The summed E-state index contributed by atoms with van der Waals surface area (Å²) < 4.78 is 16.8. The number of methoxy groups -OCH3 is 1. The van der Waals surface area contributed by atoms with E-state index in [1.165, 1.54) is 0 Å². The number of pyridine rings is 1. The molecule has 4 rings (SSSR count). The van der Waals surface area contributed by atoms with Crippen LogP contribution in [0.1, 0.15) is 73.7 Å². The smallest absolute Gasteiger partial charge is 0.320 e. The number of amides is 3. The molecule has 1 aromatic heterocycles. The van der Waals surface area contributed by atoms with Crippen LogP contribution in [0, 0.1) is 0 Å². The minimum atomic E-state index is -1.12. The highest BCUT2D eigenvalue weighted by Crippen LogP contribution is 2.18. The second-order valence-electron chi connectivity index (χ2n) is 17.3. The van der Waals surface area contributed by atoms with Crippen LogP contribution in [-0.2, 0) is 35.2 Å². The maximum Gasteiger partial charge on any atom is 0.320 e. The summed E-state index contributed by atoms with van der Waals surface area (Å²) in [5.41, 5.74) is 1.18. The van der Waals surface area contributed by atoms with Crippen LogP contribution in [-0.4, -0.2) is 186 Å². The van der Waals surface area contributed by atoms with Gasteiger partial charge < -0.3 is 55.9 Å². The first-order chi connectivity index (χ1) is 34.7. The lowest BCUT2D eigenvalue weighted by Crippen LogP contribution is -2.47. The first-order valence-electron chi connectivity index (χ1n) is 24.3. The number of carboxylic acids is 4. The highest BCUT2D eigenvalue weighted by molar-refractivity contribution is 5.94. The summed E-state index contributed by atoms with van der Waals surface area (Å²) in [4.78, 5) is 94.0. The predicted octanol–water partition coefficient (Wildman–Crippen LogP) is 2.67. The Bertz CT molecular complexity index is 2150. The van der Waals surface area contributed by atoms with Crippen LogP contribution in [0.5, 0.6) is 17.2 Å². The lowest BCUT2D eigenvalue weighted by molar-refractivity contribution is -0.145. The minimum absolute atomic E-state index is 0.0230. The molecule has 0 bridgehead atoms. The number of aromatic nitrogens is 1. The third-order valence-corrected chi connectivity index (χ3v) is 11.7. The third-order valence-electron chi connectivity index (χ3n) is 11.7. The Kier molecular flexibility index (Phi) is 25.6. The van der Waals surface area contributed by atoms with Gasteiger partial charge in [-0.1, -0.05) is 18.6 Å². The van der Waals surface area contributed by atoms with Crippen molar-refractivity contribution >= 4 is 47.4 Å². The van der Waals surface area contributed by atoms with Gasteiger partial charge in [-0.2, -0.15) is 0 Å². The number of carbonyl (C=O) groups is 7. The zero-order valence-electron chi connectivity index (χ0n) is 40.9. The number of hydrogen-bond acceptors (Lipinski definition) is 15. The van der Waals surface area contributed by atoms with Crippen LogP contribution in [0.25, 0.3) is 0 Å². The van der Waals surface area contributed by atoms with E-state index in [2.05, 4.69) is 26.3 Å². The summed E-state index contributed by atoms with van der Waals surface area (Å²) in [6, 6.07) is 15.7. The molecule has 8 N–H and O–H groups in total. The van der Waals surface area contributed by atoms with Gasteiger partial charge in [0.15, 0.2) is 0 Å². The molecule has 0 saturated carbocycles. The highest BCUT2D eigenvalue weighted by Gasteiger charge is 2.29. The van der Waals surface area contributed by atoms with E-state index in [0.29, 0.717) is 107 Å². The van der Waals surface area contributed by atoms with E-state index < -0.39 is 41.9 Å². The predicted molar refractivity (Wildman–Crippen MR) is 264 cm³/mol. The molecule has 1 aliphatic rings. The number of nitrogens with one attached hydrogen (secondary N) is 4. The Hall–Kier alpha value is -7.04. The average Bonchev–Trinajstić information content (AvgIpc) is 3.43. The summed E-state index contributed by atoms with van der Waals surface area (Å²) in [6.07, 6.45) is 5.18. The summed E-state index contributed by atoms with van der Waals surface area (Å²) in [7, 11) is 1.60. The fourth-order valence-electron chi connectivity index (χ4n) is 7.86. The quantitative estimate of drug-likeness (QED) is 0.0407. The lowest BCUT2D eigenvalue weighted by Gasteiger charge is -2.30. The average molecular weight is 1010 g/mol. The van der Waals surface area contributed by atoms with E-state index in [4.69, 9.17) is 14.2 Å². The van der Waals surface area contributed by atoms with E-state index >= 15 is 0 Å². The van der Waals surface area contributed by atoms with Gasteiger partial charge in [0.05, 0.1) is 39.8 Å². The molecule has 22 heteroatoms. The lowest BCUT2D eigenvalue weighted by atomic mass is 10.0. The van der Waals surface area contributed by atoms with Crippen molar-refractivity contribution in [3.05, 3.63) is 78.0 Å². The van der Waals surface area contributed by atoms with Crippen LogP contribution in [0.3, 0.4) is 0 Å². The number of ether oxygens (including phenoxy) is 3. The Labute approximate surface area is 419 Å². The molecule has 0 spiro atoms. The van der Waals surface area contributed by atoms with Crippen molar-refractivity contribution in [1.29, 1.82) is 0 Å². The van der Waals surface area contributed by atoms with Crippen molar-refractivity contribution < 1.29 is 68.2 Å². The fraction of sp³-hybridized carbons (Fsp3) is 0.520. The van der Waals surface area contributed by atoms with Crippen LogP contribution < -0.4 is 35.5 Å². The molecule has 1 aliphatic heterocycles. The number of rotatable bonds is 33. The molecule has 72 heavy (non-hydrogen) atoms. The number of benzene rings is 2. The SMILES string of the molecule is COc1ccnc(NCCCOc2ccc(C[C@@H](CC(=O)O)NC(=O)c3ccc(OCCCNC(=O)CCCCCNC(=O)CCC(C(=O)O)N4CCN(CC(=O)O)CCN(CC(=O)O)CC4)cc3)cc2)c1. The number of carbonyl (C=O) groups excluding carboxylic acids is 3. The molecular weight excluding hydrogens is 937 g/mol. The minimum Gasteiger partial charge on any atom is -0.497 e. The maximum absolute atomic E-state index is 13.1. The molecule has 2 heterocycles. The fourth-order valence-corrected chi connectivity index (χ4v) is 7.86. The normalized spacial score (nSPS) is 14.3. The van der Waals surface area contributed by atoms with Crippen LogP contribution >= 0.6 is 0 Å². The molecule has 2 aromatic carbocycles. The topological polar surface area (TPSA) is 299 Å². The van der Waals surface area contributed by atoms with Gasteiger partial charge >= 0.3 is 23.9 Å². The van der Waals surface area contributed by atoms with Crippen molar-refractivity contribution in [1.82, 2.24) is 35.6 Å². The molecule has 1 saturated heterocycles. The van der Waals surface area contributed by atoms with Crippen LogP contribution in [0.4, 0.5) is 5.82 Å². The first-order valence-corrected chi connectivity index (χ1v) is 24.3. The van der Waals surface area contributed by atoms with Gasteiger partial charge in [0.2, 0.25) is 11.8 Å². The van der Waals surface area contributed by atoms with Gasteiger partial charge in [-0.3, -0.25) is 48.3 Å². The molecule has 3 aromatic rings. The van der Waals surface area contributed by atoms with Crippen LogP contribution in [0.2, 0.25) is 0 Å². The van der Waals surface area contributed by atoms with Gasteiger partial charge in [0.25, 0.3) is 5.91 Å². The molecule has 3 amide bonds. The summed E-state index contributed by atoms with van der Waals surface area (Å²) in [5.74, 6) is -2.44. The summed E-state index contributed by atoms with van der Waals surface area (Å²) in [6.45, 7) is 3.38. The molecular formula is C50H70N8O14. The molecule has 22 nitrogen and oxygen atoms in total. The largest absolute Gasteiger partial charge is 0.497 e. The number of anilines is 1. The van der Waals surface area contributed by atoms with Crippen molar-refractivity contribution in [2.24, 2.45) is 0 Å². The van der Waals surface area contributed by atoms with Gasteiger partial charge in [0, 0.05) is 95.6 Å². The van der Waals surface area contributed by atoms with Crippen LogP contribution in [0.15, 0.2) is 66.9 Å². The second kappa shape index (κ2) is 32.0. The van der Waals surface area contributed by atoms with Crippen molar-refractivity contribution in [3.63, 3.8) is 0 Å². The molecule has 1 fully saturated rings. The Morgan fingerprint density at radius 3 is 1.79 bits per heavy atom. The van der Waals surface area contributed by atoms with Crippen molar-refractivity contribution in [3.8, 4) is 17.2 Å². The Morgan fingerprint density at radius 2 is 1.21 bits per heavy atom. The number of unbranched alkanes of at least 4 members (excludes halogenated alkanes) is 2. The van der Waals surface area contributed by atoms with E-state index in [0.717, 1.165) is 17.7 Å².